The summed E-state index contributed by atoms with van der Waals surface area (Å²) in [6.07, 6.45) is 2.22. The summed E-state index contributed by atoms with van der Waals surface area (Å²) in [5.41, 5.74) is 7.96. The molecule has 4 rings (SSSR count). The molecule has 0 bridgehead atoms. The molecule has 2 aliphatic rings. The molecule has 0 radical (unpaired) electrons. The Hall–Kier alpha value is -2.78. The summed E-state index contributed by atoms with van der Waals surface area (Å²) in [5, 5.41) is 20.1. The lowest BCUT2D eigenvalue weighted by Crippen LogP contribution is -2.38. The predicted octanol–water partition coefficient (Wildman–Crippen LogP) is 3.37. The van der Waals surface area contributed by atoms with E-state index < -0.39 is 0 Å². The second-order valence-electron chi connectivity index (χ2n) is 7.35. The molecule has 2 aromatic rings. The molecule has 1 aromatic carbocycles. The maximum atomic E-state index is 9.90. The molecule has 0 saturated carbocycles. The molecule has 154 valence electrons. The molecule has 1 aromatic heterocycles. The van der Waals surface area contributed by atoms with Gasteiger partial charge in [0.15, 0.2) is 0 Å². The molecular formula is C22H22N4O3S. The monoisotopic (exact) mass is 422 g/mol. The lowest BCUT2D eigenvalue weighted by atomic mass is 9.97. The lowest BCUT2D eigenvalue weighted by molar-refractivity contribution is -0.0796. The largest absolute Gasteiger partial charge is 0.486 e. The predicted molar refractivity (Wildman–Crippen MR) is 113 cm³/mol. The van der Waals surface area contributed by atoms with E-state index in [1.54, 1.807) is 0 Å². The highest BCUT2D eigenvalue weighted by Crippen LogP contribution is 2.37. The van der Waals surface area contributed by atoms with Gasteiger partial charge in [-0.3, -0.25) is 0 Å². The minimum absolute atomic E-state index is 0.0727. The van der Waals surface area contributed by atoms with Crippen molar-refractivity contribution in [2.24, 2.45) is 5.92 Å². The highest BCUT2D eigenvalue weighted by molar-refractivity contribution is 7.99. The molecule has 2 fully saturated rings. The van der Waals surface area contributed by atoms with Crippen molar-refractivity contribution in [2.45, 2.75) is 24.0 Å². The van der Waals surface area contributed by atoms with Crippen LogP contribution in [0.2, 0.25) is 0 Å². The zero-order valence-corrected chi connectivity index (χ0v) is 17.3. The number of benzene rings is 1. The van der Waals surface area contributed by atoms with Gasteiger partial charge in [-0.05, 0) is 36.5 Å². The average Bonchev–Trinajstić information content (AvgIpc) is 2.75. The van der Waals surface area contributed by atoms with E-state index in [4.69, 9.17) is 19.9 Å². The van der Waals surface area contributed by atoms with Crippen molar-refractivity contribution in [3.63, 3.8) is 0 Å². The molecular weight excluding hydrogens is 400 g/mol. The number of nitrogens with zero attached hydrogens (tertiary/aromatic N) is 3. The summed E-state index contributed by atoms with van der Waals surface area (Å²) in [4.78, 5) is 4.38. The van der Waals surface area contributed by atoms with Crippen LogP contribution in [0.1, 0.15) is 24.0 Å². The third kappa shape index (κ3) is 4.36. The van der Waals surface area contributed by atoms with Crippen molar-refractivity contribution in [1.29, 1.82) is 10.5 Å². The number of rotatable bonds is 6. The van der Waals surface area contributed by atoms with E-state index in [9.17, 15) is 10.5 Å². The number of nitrogens with two attached hydrogens (primary N) is 1. The molecule has 0 amide bonds. The average molecular weight is 423 g/mol. The highest BCUT2D eigenvalue weighted by Gasteiger charge is 2.23. The Bertz CT molecular complexity index is 987. The van der Waals surface area contributed by atoms with Crippen molar-refractivity contribution >= 4 is 17.6 Å². The summed E-state index contributed by atoms with van der Waals surface area (Å²) in [6.45, 7) is 2.71. The van der Waals surface area contributed by atoms with Crippen LogP contribution in [0.3, 0.4) is 0 Å². The first kappa shape index (κ1) is 20.5. The highest BCUT2D eigenvalue weighted by atomic mass is 32.2. The minimum Gasteiger partial charge on any atom is -0.486 e. The molecule has 1 unspecified atom stereocenters. The number of nitrogen functional groups attached to an aromatic ring is 1. The number of anilines is 1. The van der Waals surface area contributed by atoms with Crippen LogP contribution in [-0.4, -0.2) is 43.3 Å². The number of nitriles is 2. The molecule has 0 aliphatic carbocycles. The van der Waals surface area contributed by atoms with Crippen LogP contribution in [0.5, 0.6) is 5.75 Å². The normalized spacial score (nSPS) is 18.8. The minimum atomic E-state index is 0.0727. The Morgan fingerprint density at radius 3 is 2.47 bits per heavy atom. The topological polar surface area (TPSA) is 114 Å². The Balaban J connectivity index is 1.64. The summed E-state index contributed by atoms with van der Waals surface area (Å²) < 4.78 is 16.5. The number of hydrogen-bond donors (Lipinski definition) is 1. The molecule has 8 heteroatoms. The van der Waals surface area contributed by atoms with Gasteiger partial charge in [-0.1, -0.05) is 12.1 Å². The zero-order valence-electron chi connectivity index (χ0n) is 16.5. The molecule has 7 nitrogen and oxygen atoms in total. The summed E-state index contributed by atoms with van der Waals surface area (Å²) in [7, 11) is 0. The molecule has 2 aliphatic heterocycles. The quantitative estimate of drug-likeness (QED) is 0.705. The standard InChI is InChI=1S/C22H22N4O3S/c23-8-18-20(15-3-5-16(6-4-15)29-17-11-28-12-17)19(9-24)22(26-21(18)25)30-13-14-2-1-7-27-10-14/h3-6,14,17H,1-2,7,10-13H2,(H2,25,26). The van der Waals surface area contributed by atoms with E-state index in [1.807, 2.05) is 24.3 Å². The van der Waals surface area contributed by atoms with E-state index >= 15 is 0 Å². The lowest BCUT2D eigenvalue weighted by Gasteiger charge is -2.26. The van der Waals surface area contributed by atoms with Gasteiger partial charge in [0.05, 0.1) is 25.4 Å². The van der Waals surface area contributed by atoms with Crippen LogP contribution in [0.25, 0.3) is 11.1 Å². The van der Waals surface area contributed by atoms with Crippen LogP contribution >= 0.6 is 11.8 Å². The van der Waals surface area contributed by atoms with Crippen molar-refractivity contribution in [3.05, 3.63) is 35.4 Å². The maximum Gasteiger partial charge on any atom is 0.145 e. The first-order chi connectivity index (χ1) is 14.7. The van der Waals surface area contributed by atoms with Crippen LogP contribution in [0, 0.1) is 28.6 Å². The molecule has 2 saturated heterocycles. The molecule has 2 N–H and O–H groups in total. The molecule has 3 heterocycles. The fraction of sp³-hybridized carbons (Fsp3) is 0.409. The van der Waals surface area contributed by atoms with Crippen LogP contribution in [0.15, 0.2) is 29.3 Å². The van der Waals surface area contributed by atoms with E-state index in [2.05, 4.69) is 17.1 Å². The number of hydrogen-bond acceptors (Lipinski definition) is 8. The van der Waals surface area contributed by atoms with Gasteiger partial charge < -0.3 is 19.9 Å². The molecule has 1 atom stereocenters. The van der Waals surface area contributed by atoms with E-state index in [1.165, 1.54) is 11.8 Å². The molecule has 30 heavy (non-hydrogen) atoms. The number of thioether (sulfide) groups is 1. The Morgan fingerprint density at radius 1 is 1.10 bits per heavy atom. The van der Waals surface area contributed by atoms with Crippen LogP contribution in [0.4, 0.5) is 5.82 Å². The van der Waals surface area contributed by atoms with E-state index in [0.29, 0.717) is 35.3 Å². The number of ether oxygens (including phenoxy) is 3. The Labute approximate surface area is 179 Å². The van der Waals surface area contributed by atoms with Crippen molar-refractivity contribution < 1.29 is 14.2 Å². The maximum absolute atomic E-state index is 9.90. The van der Waals surface area contributed by atoms with Gasteiger partial charge in [-0.25, -0.2) is 4.98 Å². The van der Waals surface area contributed by atoms with Crippen LogP contribution in [-0.2, 0) is 9.47 Å². The Morgan fingerprint density at radius 2 is 1.87 bits per heavy atom. The first-order valence-corrected chi connectivity index (χ1v) is 10.9. The van der Waals surface area contributed by atoms with Gasteiger partial charge in [0, 0.05) is 17.9 Å². The number of pyridine rings is 1. The first-order valence-electron chi connectivity index (χ1n) is 9.88. The van der Waals surface area contributed by atoms with Gasteiger partial charge in [0.1, 0.15) is 40.4 Å². The summed E-state index contributed by atoms with van der Waals surface area (Å²) in [6, 6.07) is 11.7. The van der Waals surface area contributed by atoms with Crippen molar-refractivity contribution in [1.82, 2.24) is 4.98 Å². The van der Waals surface area contributed by atoms with E-state index in [0.717, 1.165) is 43.1 Å². The fourth-order valence-electron chi connectivity index (χ4n) is 3.50. The Kier molecular flexibility index (Phi) is 6.39. The second-order valence-corrected chi connectivity index (χ2v) is 8.36. The van der Waals surface area contributed by atoms with Gasteiger partial charge in [0.2, 0.25) is 0 Å². The van der Waals surface area contributed by atoms with E-state index in [-0.39, 0.29) is 17.5 Å². The van der Waals surface area contributed by atoms with Crippen molar-refractivity contribution in [3.8, 4) is 29.0 Å². The molecule has 0 spiro atoms. The van der Waals surface area contributed by atoms with Crippen molar-refractivity contribution in [2.75, 3.05) is 37.9 Å². The third-order valence-electron chi connectivity index (χ3n) is 5.18. The second kappa shape index (κ2) is 9.36. The fourth-order valence-corrected chi connectivity index (χ4v) is 4.61. The number of aromatic nitrogens is 1. The third-order valence-corrected chi connectivity index (χ3v) is 6.39. The van der Waals surface area contributed by atoms with Gasteiger partial charge >= 0.3 is 0 Å². The smallest absolute Gasteiger partial charge is 0.145 e. The van der Waals surface area contributed by atoms with Gasteiger partial charge in [-0.2, -0.15) is 10.5 Å². The van der Waals surface area contributed by atoms with Crippen LogP contribution < -0.4 is 10.5 Å². The van der Waals surface area contributed by atoms with Gasteiger partial charge in [-0.15, -0.1) is 11.8 Å². The summed E-state index contributed by atoms with van der Waals surface area (Å²) >= 11 is 1.50. The summed E-state index contributed by atoms with van der Waals surface area (Å²) in [5.74, 6) is 2.08. The van der Waals surface area contributed by atoms with Gasteiger partial charge in [0.25, 0.3) is 0 Å². The zero-order chi connectivity index (χ0) is 20.9. The SMILES string of the molecule is N#Cc1c(N)nc(SCC2CCCOC2)c(C#N)c1-c1ccc(OC2COC2)cc1.